The van der Waals surface area contributed by atoms with Gasteiger partial charge in [0.25, 0.3) is 0 Å². The van der Waals surface area contributed by atoms with E-state index in [9.17, 15) is 5.11 Å². The molecule has 0 unspecified atom stereocenters. The normalized spacial score (nSPS) is 16.4. The first-order valence-electron chi connectivity index (χ1n) is 6.67. The maximum absolute atomic E-state index is 9.91. The molecule has 112 valence electrons. The van der Waals surface area contributed by atoms with E-state index in [1.54, 1.807) is 6.07 Å². The number of rotatable bonds is 5. The van der Waals surface area contributed by atoms with Crippen LogP contribution >= 0.6 is 23.2 Å². The first-order chi connectivity index (χ1) is 9.63. The number of methoxy groups -OCH3 is 1. The number of morpholine rings is 1. The fourth-order valence-electron chi connectivity index (χ4n) is 2.32. The Hall–Kier alpha value is -0.680. The van der Waals surface area contributed by atoms with Crippen LogP contribution in [0.1, 0.15) is 12.0 Å². The van der Waals surface area contributed by atoms with Gasteiger partial charge in [-0.05, 0) is 24.9 Å². The number of ether oxygens (including phenoxy) is 2. The van der Waals surface area contributed by atoms with Crippen LogP contribution in [0.25, 0.3) is 0 Å². The highest BCUT2D eigenvalue weighted by molar-refractivity contribution is 6.37. The Morgan fingerprint density at radius 3 is 2.70 bits per heavy atom. The molecule has 1 aliphatic rings. The summed E-state index contributed by atoms with van der Waals surface area (Å²) >= 11 is 12.4. The van der Waals surface area contributed by atoms with Gasteiger partial charge in [-0.3, -0.25) is 4.90 Å². The van der Waals surface area contributed by atoms with Crippen molar-refractivity contribution < 1.29 is 14.6 Å². The van der Waals surface area contributed by atoms with E-state index in [-0.39, 0.29) is 10.8 Å². The van der Waals surface area contributed by atoms with Crippen molar-refractivity contribution in [2.75, 3.05) is 40.0 Å². The van der Waals surface area contributed by atoms with Crippen molar-refractivity contribution in [2.24, 2.45) is 0 Å². The molecule has 4 nitrogen and oxygen atoms in total. The number of halogens is 2. The van der Waals surface area contributed by atoms with Crippen LogP contribution in [-0.4, -0.2) is 50.0 Å². The molecule has 1 aliphatic heterocycles. The molecule has 0 aliphatic carbocycles. The third-order valence-electron chi connectivity index (χ3n) is 3.48. The summed E-state index contributed by atoms with van der Waals surface area (Å²) in [5.74, 6) is 0.261. The summed E-state index contributed by atoms with van der Waals surface area (Å²) in [6, 6.07) is 1.60. The Kier molecular flexibility index (Phi) is 5.78. The molecule has 0 radical (unpaired) electrons. The lowest BCUT2D eigenvalue weighted by molar-refractivity contribution is 0.0375. The maximum atomic E-state index is 9.91. The fourth-order valence-corrected chi connectivity index (χ4v) is 2.94. The van der Waals surface area contributed by atoms with E-state index < -0.39 is 0 Å². The van der Waals surface area contributed by atoms with Gasteiger partial charge in [-0.2, -0.15) is 0 Å². The van der Waals surface area contributed by atoms with Gasteiger partial charge in [0.1, 0.15) is 0 Å². The summed E-state index contributed by atoms with van der Waals surface area (Å²) in [5, 5.41) is 10.7. The van der Waals surface area contributed by atoms with Gasteiger partial charge in [0.15, 0.2) is 11.5 Å². The van der Waals surface area contributed by atoms with Gasteiger partial charge in [0.2, 0.25) is 0 Å². The highest BCUT2D eigenvalue weighted by atomic mass is 35.5. The van der Waals surface area contributed by atoms with Crippen molar-refractivity contribution in [2.45, 2.75) is 12.8 Å². The molecule has 2 rings (SSSR count). The van der Waals surface area contributed by atoms with E-state index in [0.717, 1.165) is 51.3 Å². The van der Waals surface area contributed by atoms with Crippen molar-refractivity contribution >= 4 is 23.2 Å². The molecule has 6 heteroatoms. The van der Waals surface area contributed by atoms with Crippen molar-refractivity contribution in [1.29, 1.82) is 0 Å². The van der Waals surface area contributed by atoms with E-state index in [1.807, 2.05) is 0 Å². The Bertz CT molecular complexity index is 462. The monoisotopic (exact) mass is 319 g/mol. The van der Waals surface area contributed by atoms with Gasteiger partial charge in [-0.25, -0.2) is 0 Å². The molecule has 1 saturated heterocycles. The molecule has 0 amide bonds. The number of phenolic OH excluding ortho intramolecular Hbond substituents is 1. The van der Waals surface area contributed by atoms with E-state index in [4.69, 9.17) is 32.7 Å². The first-order valence-corrected chi connectivity index (χ1v) is 7.43. The topological polar surface area (TPSA) is 41.9 Å². The highest BCUT2D eigenvalue weighted by Gasteiger charge is 2.16. The maximum Gasteiger partial charge on any atom is 0.177 e. The molecular formula is C14H19Cl2NO3. The van der Waals surface area contributed by atoms with Crippen LogP contribution in [0.2, 0.25) is 10.0 Å². The zero-order valence-electron chi connectivity index (χ0n) is 11.5. The SMILES string of the molecule is COc1cc(Cl)c(CCCN2CCOCC2)c(Cl)c1O. The second kappa shape index (κ2) is 7.36. The van der Waals surface area contributed by atoms with Crippen molar-refractivity contribution in [1.82, 2.24) is 4.90 Å². The molecule has 0 bridgehead atoms. The van der Waals surface area contributed by atoms with Crippen molar-refractivity contribution in [3.63, 3.8) is 0 Å². The average molecular weight is 320 g/mol. The van der Waals surface area contributed by atoms with Crippen LogP contribution in [0.4, 0.5) is 0 Å². The van der Waals surface area contributed by atoms with Crippen LogP contribution in [0.3, 0.4) is 0 Å². The Morgan fingerprint density at radius 1 is 1.35 bits per heavy atom. The van der Waals surface area contributed by atoms with Gasteiger partial charge in [0.05, 0.1) is 25.3 Å². The Balaban J connectivity index is 1.97. The number of hydrogen-bond acceptors (Lipinski definition) is 4. The van der Waals surface area contributed by atoms with Crippen LogP contribution < -0.4 is 4.74 Å². The van der Waals surface area contributed by atoms with Crippen molar-refractivity contribution in [3.05, 3.63) is 21.7 Å². The molecule has 0 aromatic heterocycles. The second-order valence-electron chi connectivity index (χ2n) is 4.76. The highest BCUT2D eigenvalue weighted by Crippen LogP contribution is 2.41. The lowest BCUT2D eigenvalue weighted by atomic mass is 10.1. The molecule has 0 atom stereocenters. The molecule has 0 spiro atoms. The second-order valence-corrected chi connectivity index (χ2v) is 5.54. The largest absolute Gasteiger partial charge is 0.503 e. The molecule has 1 fully saturated rings. The predicted octanol–water partition coefficient (Wildman–Crippen LogP) is 2.97. The number of phenols is 1. The smallest absolute Gasteiger partial charge is 0.177 e. The first kappa shape index (κ1) is 15.7. The molecule has 1 heterocycles. The summed E-state index contributed by atoms with van der Waals surface area (Å²) in [7, 11) is 1.47. The van der Waals surface area contributed by atoms with Crippen LogP contribution in [0.5, 0.6) is 11.5 Å². The average Bonchev–Trinajstić information content (AvgIpc) is 2.47. The minimum absolute atomic E-state index is 0.0417. The molecule has 1 N–H and O–H groups in total. The lowest BCUT2D eigenvalue weighted by Gasteiger charge is -2.26. The van der Waals surface area contributed by atoms with E-state index >= 15 is 0 Å². The van der Waals surface area contributed by atoms with Gasteiger partial charge in [0, 0.05) is 24.2 Å². The summed E-state index contributed by atoms with van der Waals surface area (Å²) in [6.45, 7) is 4.50. The molecular weight excluding hydrogens is 301 g/mol. The quantitative estimate of drug-likeness (QED) is 0.906. The van der Waals surface area contributed by atoms with E-state index in [2.05, 4.69) is 4.90 Å². The van der Waals surface area contributed by atoms with Gasteiger partial charge >= 0.3 is 0 Å². The molecule has 1 aromatic rings. The lowest BCUT2D eigenvalue weighted by Crippen LogP contribution is -2.36. The number of benzene rings is 1. The number of nitrogens with zero attached hydrogens (tertiary/aromatic N) is 1. The standard InChI is InChI=1S/C14H19Cl2NO3/c1-19-12-9-11(15)10(13(16)14(12)18)3-2-4-17-5-7-20-8-6-17/h9,18H,2-8H2,1H3. The van der Waals surface area contributed by atoms with Crippen molar-refractivity contribution in [3.8, 4) is 11.5 Å². The number of aromatic hydroxyl groups is 1. The third-order valence-corrected chi connectivity index (χ3v) is 4.22. The number of hydrogen-bond donors (Lipinski definition) is 1. The summed E-state index contributed by atoms with van der Waals surface area (Å²) in [5.41, 5.74) is 0.778. The zero-order valence-corrected chi connectivity index (χ0v) is 13.0. The minimum atomic E-state index is -0.0417. The van der Waals surface area contributed by atoms with Gasteiger partial charge in [-0.15, -0.1) is 0 Å². The summed E-state index contributed by atoms with van der Waals surface area (Å²) < 4.78 is 10.3. The molecule has 20 heavy (non-hydrogen) atoms. The Labute approximate surface area is 129 Å². The molecule has 1 aromatic carbocycles. The summed E-state index contributed by atoms with van der Waals surface area (Å²) in [6.07, 6.45) is 1.66. The predicted molar refractivity (Wildman–Crippen MR) is 80.3 cm³/mol. The van der Waals surface area contributed by atoms with E-state index in [1.165, 1.54) is 7.11 Å². The third kappa shape index (κ3) is 3.70. The molecule has 0 saturated carbocycles. The van der Waals surface area contributed by atoms with E-state index in [0.29, 0.717) is 10.8 Å². The van der Waals surface area contributed by atoms with Crippen LogP contribution in [-0.2, 0) is 11.2 Å². The van der Waals surface area contributed by atoms with Gasteiger partial charge in [-0.1, -0.05) is 23.2 Å². The van der Waals surface area contributed by atoms with Crippen LogP contribution in [0, 0.1) is 0 Å². The minimum Gasteiger partial charge on any atom is -0.503 e. The van der Waals surface area contributed by atoms with Gasteiger partial charge < -0.3 is 14.6 Å². The summed E-state index contributed by atoms with van der Waals surface area (Å²) in [4.78, 5) is 2.36. The van der Waals surface area contributed by atoms with Crippen LogP contribution in [0.15, 0.2) is 6.07 Å². The zero-order chi connectivity index (χ0) is 14.5. The Morgan fingerprint density at radius 2 is 2.05 bits per heavy atom. The fraction of sp³-hybridized carbons (Fsp3) is 0.571.